The van der Waals surface area contributed by atoms with Crippen LogP contribution in [-0.2, 0) is 14.3 Å². The minimum Gasteiger partial charge on any atom is -0.462 e. The van der Waals surface area contributed by atoms with Crippen molar-refractivity contribution in [1.29, 1.82) is 0 Å². The van der Waals surface area contributed by atoms with Gasteiger partial charge in [-0.25, -0.2) is 0 Å². The van der Waals surface area contributed by atoms with Crippen molar-refractivity contribution >= 4 is 5.97 Å². The average Bonchev–Trinajstić information content (AvgIpc) is 2.42. The summed E-state index contributed by atoms with van der Waals surface area (Å²) < 4.78 is 9.44. The van der Waals surface area contributed by atoms with Gasteiger partial charge in [-0.05, 0) is 6.92 Å². The average molecular weight is 221 g/mol. The lowest BCUT2D eigenvalue weighted by atomic mass is 10.1. The molecule has 0 aromatic carbocycles. The molecule has 0 aliphatic carbocycles. The van der Waals surface area contributed by atoms with Crippen molar-refractivity contribution in [3.8, 4) is 0 Å². The van der Waals surface area contributed by atoms with E-state index in [1.807, 2.05) is 0 Å². The standard InChI is InChI=1S/C8H15NO6/c1-3(9)7(12)14-2-4-5(10)6(11)8(13)15-4/h3-6,8,10-11,13H,2,9H2,1H3/t3-,4+,5+,6+,8?/m0/s1. The number of ether oxygens (including phenoxy) is 2. The minimum absolute atomic E-state index is 0.254. The summed E-state index contributed by atoms with van der Waals surface area (Å²) >= 11 is 0. The van der Waals surface area contributed by atoms with Crippen LogP contribution in [0.5, 0.6) is 0 Å². The van der Waals surface area contributed by atoms with E-state index in [0.717, 1.165) is 0 Å². The largest absolute Gasteiger partial charge is 0.462 e. The fraction of sp³-hybridized carbons (Fsp3) is 0.875. The summed E-state index contributed by atoms with van der Waals surface area (Å²) in [6.07, 6.45) is -5.05. The lowest BCUT2D eigenvalue weighted by molar-refractivity contribution is -0.158. The van der Waals surface area contributed by atoms with Crippen molar-refractivity contribution in [3.63, 3.8) is 0 Å². The summed E-state index contributed by atoms with van der Waals surface area (Å²) in [4.78, 5) is 11.0. The van der Waals surface area contributed by atoms with Crippen LogP contribution < -0.4 is 5.73 Å². The Morgan fingerprint density at radius 3 is 2.47 bits per heavy atom. The summed E-state index contributed by atoms with van der Waals surface area (Å²) in [5, 5.41) is 27.5. The Balaban J connectivity index is 2.37. The normalized spacial score (nSPS) is 37.7. The second kappa shape index (κ2) is 4.86. The van der Waals surface area contributed by atoms with Crippen molar-refractivity contribution in [2.24, 2.45) is 5.73 Å². The number of nitrogens with two attached hydrogens (primary N) is 1. The highest BCUT2D eigenvalue weighted by molar-refractivity contribution is 5.74. The Labute approximate surface area is 86.4 Å². The van der Waals surface area contributed by atoms with Gasteiger partial charge in [0.1, 0.15) is 31.0 Å². The molecule has 5 atom stereocenters. The zero-order valence-corrected chi connectivity index (χ0v) is 8.24. The van der Waals surface area contributed by atoms with Crippen molar-refractivity contribution in [2.45, 2.75) is 37.6 Å². The Morgan fingerprint density at radius 1 is 1.47 bits per heavy atom. The summed E-state index contributed by atoms with van der Waals surface area (Å²) in [5.41, 5.74) is 5.23. The molecule has 0 saturated carbocycles. The molecule has 0 bridgehead atoms. The molecule has 1 unspecified atom stereocenters. The molecule has 1 fully saturated rings. The van der Waals surface area contributed by atoms with Gasteiger partial charge < -0.3 is 30.5 Å². The van der Waals surface area contributed by atoms with Gasteiger partial charge in [0.15, 0.2) is 6.29 Å². The van der Waals surface area contributed by atoms with E-state index in [9.17, 15) is 9.90 Å². The molecule has 0 spiro atoms. The monoisotopic (exact) mass is 221 g/mol. The van der Waals surface area contributed by atoms with Crippen molar-refractivity contribution in [3.05, 3.63) is 0 Å². The first kappa shape index (κ1) is 12.3. The van der Waals surface area contributed by atoms with E-state index < -0.39 is 36.6 Å². The van der Waals surface area contributed by atoms with Crippen molar-refractivity contribution in [2.75, 3.05) is 6.61 Å². The maximum absolute atomic E-state index is 11.0. The molecule has 1 rings (SSSR count). The summed E-state index contributed by atoms with van der Waals surface area (Å²) in [6, 6.07) is -0.765. The van der Waals surface area contributed by atoms with Crippen LogP contribution in [0.15, 0.2) is 0 Å². The molecule has 5 N–H and O–H groups in total. The fourth-order valence-electron chi connectivity index (χ4n) is 1.16. The topological polar surface area (TPSA) is 122 Å². The van der Waals surface area contributed by atoms with Crippen LogP contribution in [0.25, 0.3) is 0 Å². The molecule has 7 heteroatoms. The molecular weight excluding hydrogens is 206 g/mol. The Hall–Kier alpha value is -0.730. The highest BCUT2D eigenvalue weighted by Crippen LogP contribution is 2.19. The van der Waals surface area contributed by atoms with E-state index in [4.69, 9.17) is 20.7 Å². The van der Waals surface area contributed by atoms with Crippen molar-refractivity contribution < 1.29 is 29.6 Å². The molecule has 7 nitrogen and oxygen atoms in total. The highest BCUT2D eigenvalue weighted by Gasteiger charge is 2.42. The first-order valence-corrected chi connectivity index (χ1v) is 4.55. The second-order valence-electron chi connectivity index (χ2n) is 3.46. The van der Waals surface area contributed by atoms with Crippen LogP contribution in [0, 0.1) is 0 Å². The van der Waals surface area contributed by atoms with Crippen LogP contribution in [0.1, 0.15) is 6.92 Å². The zero-order valence-electron chi connectivity index (χ0n) is 8.24. The number of carbonyl (C=O) groups is 1. The van der Waals surface area contributed by atoms with Crippen LogP contribution in [-0.4, -0.2) is 58.5 Å². The molecule has 0 radical (unpaired) electrons. The van der Waals surface area contributed by atoms with Gasteiger partial charge in [-0.2, -0.15) is 0 Å². The quantitative estimate of drug-likeness (QED) is 0.383. The molecule has 88 valence electrons. The summed E-state index contributed by atoms with van der Waals surface area (Å²) in [7, 11) is 0. The van der Waals surface area contributed by atoms with Crippen molar-refractivity contribution in [1.82, 2.24) is 0 Å². The third-order valence-electron chi connectivity index (χ3n) is 2.10. The molecule has 15 heavy (non-hydrogen) atoms. The van der Waals surface area contributed by atoms with Gasteiger partial charge >= 0.3 is 5.97 Å². The number of aliphatic hydroxyl groups is 3. The summed E-state index contributed by atoms with van der Waals surface area (Å²) in [6.45, 7) is 1.20. The van der Waals surface area contributed by atoms with E-state index >= 15 is 0 Å². The highest BCUT2D eigenvalue weighted by atomic mass is 16.7. The van der Waals surface area contributed by atoms with Crippen LogP contribution in [0.2, 0.25) is 0 Å². The second-order valence-corrected chi connectivity index (χ2v) is 3.46. The lowest BCUT2D eigenvalue weighted by Gasteiger charge is -2.15. The number of rotatable bonds is 3. The number of aliphatic hydroxyl groups excluding tert-OH is 3. The minimum atomic E-state index is -1.46. The van der Waals surface area contributed by atoms with E-state index in [2.05, 4.69) is 4.74 Å². The van der Waals surface area contributed by atoms with Crippen LogP contribution in [0.3, 0.4) is 0 Å². The molecule has 0 aromatic heterocycles. The Kier molecular flexibility index (Phi) is 4.00. The van der Waals surface area contributed by atoms with Crippen LogP contribution in [0.4, 0.5) is 0 Å². The third-order valence-corrected chi connectivity index (χ3v) is 2.10. The Morgan fingerprint density at radius 2 is 2.07 bits per heavy atom. The van der Waals surface area contributed by atoms with Crippen LogP contribution >= 0.6 is 0 Å². The van der Waals surface area contributed by atoms with Gasteiger partial charge in [-0.1, -0.05) is 0 Å². The molecule has 1 aliphatic heterocycles. The molecule has 0 aromatic rings. The number of esters is 1. The van der Waals surface area contributed by atoms with E-state index in [0.29, 0.717) is 0 Å². The first-order valence-electron chi connectivity index (χ1n) is 4.55. The van der Waals surface area contributed by atoms with E-state index in [1.54, 1.807) is 0 Å². The lowest BCUT2D eigenvalue weighted by Crippen LogP contribution is -2.37. The molecule has 1 heterocycles. The predicted molar refractivity (Wildman–Crippen MR) is 47.5 cm³/mol. The maximum atomic E-state index is 11.0. The van der Waals surface area contributed by atoms with Gasteiger partial charge in [-0.15, -0.1) is 0 Å². The number of hydrogen-bond acceptors (Lipinski definition) is 7. The molecular formula is C8H15NO6. The van der Waals surface area contributed by atoms with E-state index in [1.165, 1.54) is 6.92 Å². The van der Waals surface area contributed by atoms with Gasteiger partial charge in [0.25, 0.3) is 0 Å². The zero-order chi connectivity index (χ0) is 11.6. The third kappa shape index (κ3) is 2.86. The predicted octanol–water partition coefficient (Wildman–Crippen LogP) is -2.68. The van der Waals surface area contributed by atoms with Gasteiger partial charge in [0.05, 0.1) is 0 Å². The van der Waals surface area contributed by atoms with E-state index in [-0.39, 0.29) is 6.61 Å². The number of hydrogen-bond donors (Lipinski definition) is 4. The Bertz CT molecular complexity index is 233. The maximum Gasteiger partial charge on any atom is 0.322 e. The summed E-state index contributed by atoms with van der Waals surface area (Å²) in [5.74, 6) is -0.637. The number of carbonyl (C=O) groups excluding carboxylic acids is 1. The van der Waals surface area contributed by atoms with Gasteiger partial charge in [0.2, 0.25) is 0 Å². The van der Waals surface area contributed by atoms with Gasteiger partial charge in [-0.3, -0.25) is 4.79 Å². The fourth-order valence-corrected chi connectivity index (χ4v) is 1.16. The first-order chi connectivity index (χ1) is 6.93. The molecule has 1 aliphatic rings. The molecule has 1 saturated heterocycles. The smallest absolute Gasteiger partial charge is 0.322 e. The molecule has 0 amide bonds. The SMILES string of the molecule is C[C@H](N)C(=O)OC[C@H]1OC(O)[C@H](O)[C@@H]1O. The van der Waals surface area contributed by atoms with Gasteiger partial charge in [0, 0.05) is 0 Å².